The maximum absolute atomic E-state index is 12.7. The Morgan fingerprint density at radius 3 is 2.93 bits per heavy atom. The number of halogens is 1. The zero-order chi connectivity index (χ0) is 11.1. The summed E-state index contributed by atoms with van der Waals surface area (Å²) in [5.41, 5.74) is 0. The molecule has 0 aliphatic rings. The first-order valence-electron chi connectivity index (χ1n) is 5.08. The van der Waals surface area contributed by atoms with E-state index < -0.39 is 5.95 Å². The van der Waals surface area contributed by atoms with Gasteiger partial charge in [0.1, 0.15) is 12.1 Å². The van der Waals surface area contributed by atoms with Crippen molar-refractivity contribution >= 4 is 5.82 Å². The van der Waals surface area contributed by atoms with Crippen LogP contribution in [0.25, 0.3) is 0 Å². The van der Waals surface area contributed by atoms with Crippen LogP contribution >= 0.6 is 0 Å². The highest BCUT2D eigenvalue weighted by Crippen LogP contribution is 2.09. The molecule has 1 aromatic rings. The van der Waals surface area contributed by atoms with E-state index >= 15 is 0 Å². The summed E-state index contributed by atoms with van der Waals surface area (Å²) in [7, 11) is 0. The first-order valence-corrected chi connectivity index (χ1v) is 5.08. The second-order valence-electron chi connectivity index (χ2n) is 3.39. The molecule has 1 unspecified atom stereocenters. The molecule has 1 aromatic heterocycles. The molecule has 0 amide bonds. The number of hydrogen-bond donors (Lipinski definition) is 2. The molecule has 0 spiro atoms. The summed E-state index contributed by atoms with van der Waals surface area (Å²) in [5, 5.41) is 11.8. The molecule has 1 rings (SSSR count). The molecule has 0 aromatic carbocycles. The Hall–Kier alpha value is -1.23. The highest BCUT2D eigenvalue weighted by atomic mass is 19.1. The molecule has 0 fully saturated rings. The third-order valence-electron chi connectivity index (χ3n) is 2.32. The van der Waals surface area contributed by atoms with E-state index in [4.69, 9.17) is 5.11 Å². The van der Waals surface area contributed by atoms with Gasteiger partial charge in [-0.25, -0.2) is 9.97 Å². The molecule has 0 saturated carbocycles. The quantitative estimate of drug-likeness (QED) is 0.702. The normalized spacial score (nSPS) is 12.5. The van der Waals surface area contributed by atoms with Crippen molar-refractivity contribution in [2.24, 2.45) is 5.92 Å². The zero-order valence-corrected chi connectivity index (χ0v) is 8.78. The average molecular weight is 213 g/mol. The maximum Gasteiger partial charge on any atom is 0.217 e. The number of aliphatic hydroxyl groups excluding tert-OH is 1. The SMILES string of the molecule is CCC(CCO)CNc1cc(F)ncn1. The van der Waals surface area contributed by atoms with Crippen LogP contribution in [0.15, 0.2) is 12.4 Å². The monoisotopic (exact) mass is 213 g/mol. The highest BCUT2D eigenvalue weighted by molar-refractivity contribution is 5.31. The van der Waals surface area contributed by atoms with Gasteiger partial charge in [-0.2, -0.15) is 4.39 Å². The molecule has 4 nitrogen and oxygen atoms in total. The number of aromatic nitrogens is 2. The van der Waals surface area contributed by atoms with Crippen LogP contribution in [0.2, 0.25) is 0 Å². The van der Waals surface area contributed by atoms with Crippen LogP contribution in [0.1, 0.15) is 19.8 Å². The minimum absolute atomic E-state index is 0.179. The molecule has 0 aliphatic heterocycles. The number of aliphatic hydroxyl groups is 1. The molecule has 15 heavy (non-hydrogen) atoms. The van der Waals surface area contributed by atoms with Crippen LogP contribution < -0.4 is 5.32 Å². The van der Waals surface area contributed by atoms with Crippen molar-refractivity contribution in [3.05, 3.63) is 18.3 Å². The van der Waals surface area contributed by atoms with E-state index in [2.05, 4.69) is 22.2 Å². The summed E-state index contributed by atoms with van der Waals surface area (Å²) in [4.78, 5) is 7.25. The number of rotatable bonds is 6. The minimum atomic E-state index is -0.539. The molecule has 84 valence electrons. The van der Waals surface area contributed by atoms with Gasteiger partial charge in [0, 0.05) is 19.2 Å². The largest absolute Gasteiger partial charge is 0.396 e. The van der Waals surface area contributed by atoms with Crippen molar-refractivity contribution in [2.75, 3.05) is 18.5 Å². The highest BCUT2D eigenvalue weighted by Gasteiger charge is 2.05. The lowest BCUT2D eigenvalue weighted by Crippen LogP contribution is -2.15. The standard InChI is InChI=1S/C10H16FN3O/c1-2-8(3-4-15)6-12-10-5-9(11)13-7-14-10/h5,7-8,15H,2-4,6H2,1H3,(H,12,13,14). The Labute approximate surface area is 88.6 Å². The van der Waals surface area contributed by atoms with Gasteiger partial charge in [0.05, 0.1) is 0 Å². The molecule has 2 N–H and O–H groups in total. The lowest BCUT2D eigenvalue weighted by Gasteiger charge is -2.14. The Morgan fingerprint density at radius 1 is 1.53 bits per heavy atom. The lowest BCUT2D eigenvalue weighted by molar-refractivity contribution is 0.258. The predicted molar refractivity (Wildman–Crippen MR) is 56.0 cm³/mol. The molecule has 1 atom stereocenters. The van der Waals surface area contributed by atoms with Crippen molar-refractivity contribution in [1.29, 1.82) is 0 Å². The Balaban J connectivity index is 2.41. The van der Waals surface area contributed by atoms with E-state index in [1.165, 1.54) is 12.4 Å². The fourth-order valence-corrected chi connectivity index (χ4v) is 1.31. The second kappa shape index (κ2) is 6.29. The number of nitrogens with one attached hydrogen (secondary N) is 1. The zero-order valence-electron chi connectivity index (χ0n) is 8.78. The van der Waals surface area contributed by atoms with Gasteiger partial charge >= 0.3 is 0 Å². The average Bonchev–Trinajstić information content (AvgIpc) is 2.24. The number of hydrogen-bond acceptors (Lipinski definition) is 4. The fourth-order valence-electron chi connectivity index (χ4n) is 1.31. The first-order chi connectivity index (χ1) is 7.26. The van der Waals surface area contributed by atoms with Crippen LogP contribution in [-0.4, -0.2) is 28.2 Å². The molecular formula is C10H16FN3O. The lowest BCUT2D eigenvalue weighted by atomic mass is 10.0. The third kappa shape index (κ3) is 4.20. The summed E-state index contributed by atoms with van der Waals surface area (Å²) in [5.74, 6) is 0.328. The summed E-state index contributed by atoms with van der Waals surface area (Å²) in [6.45, 7) is 2.93. The van der Waals surface area contributed by atoms with Gasteiger partial charge in [0.25, 0.3) is 0 Å². The smallest absolute Gasteiger partial charge is 0.217 e. The summed E-state index contributed by atoms with van der Waals surface area (Å²) < 4.78 is 12.7. The molecule has 1 heterocycles. The van der Waals surface area contributed by atoms with Crippen LogP contribution in [0.3, 0.4) is 0 Å². The number of anilines is 1. The van der Waals surface area contributed by atoms with E-state index in [1.807, 2.05) is 0 Å². The Kier molecular flexibility index (Phi) is 4.97. The van der Waals surface area contributed by atoms with Gasteiger partial charge in [-0.15, -0.1) is 0 Å². The van der Waals surface area contributed by atoms with E-state index in [-0.39, 0.29) is 6.61 Å². The molecular weight excluding hydrogens is 197 g/mol. The van der Waals surface area contributed by atoms with Crippen LogP contribution in [0.4, 0.5) is 10.2 Å². The maximum atomic E-state index is 12.7. The van der Waals surface area contributed by atoms with E-state index in [0.29, 0.717) is 18.3 Å². The van der Waals surface area contributed by atoms with Crippen molar-refractivity contribution < 1.29 is 9.50 Å². The second-order valence-corrected chi connectivity index (χ2v) is 3.39. The molecule has 0 aliphatic carbocycles. The van der Waals surface area contributed by atoms with Gasteiger partial charge in [-0.05, 0) is 12.3 Å². The number of nitrogens with zero attached hydrogens (tertiary/aromatic N) is 2. The van der Waals surface area contributed by atoms with Crippen molar-refractivity contribution in [2.45, 2.75) is 19.8 Å². The van der Waals surface area contributed by atoms with Crippen molar-refractivity contribution in [1.82, 2.24) is 9.97 Å². The summed E-state index contributed by atoms with van der Waals surface area (Å²) in [6, 6.07) is 1.26. The first kappa shape index (κ1) is 11.8. The third-order valence-corrected chi connectivity index (χ3v) is 2.32. The van der Waals surface area contributed by atoms with Gasteiger partial charge < -0.3 is 10.4 Å². The molecule has 0 bridgehead atoms. The van der Waals surface area contributed by atoms with E-state index in [9.17, 15) is 4.39 Å². The molecule has 5 heteroatoms. The van der Waals surface area contributed by atoms with Crippen LogP contribution in [0, 0.1) is 11.9 Å². The summed E-state index contributed by atoms with van der Waals surface area (Å²) >= 11 is 0. The van der Waals surface area contributed by atoms with Gasteiger partial charge in [-0.3, -0.25) is 0 Å². The van der Waals surface area contributed by atoms with E-state index in [0.717, 1.165) is 12.8 Å². The molecule has 0 saturated heterocycles. The van der Waals surface area contributed by atoms with Crippen LogP contribution in [-0.2, 0) is 0 Å². The van der Waals surface area contributed by atoms with Crippen molar-refractivity contribution in [3.8, 4) is 0 Å². The summed E-state index contributed by atoms with van der Waals surface area (Å²) in [6.07, 6.45) is 2.91. The van der Waals surface area contributed by atoms with Crippen LogP contribution in [0.5, 0.6) is 0 Å². The molecule has 0 radical (unpaired) electrons. The topological polar surface area (TPSA) is 58.0 Å². The predicted octanol–water partition coefficient (Wildman–Crippen LogP) is 1.44. The Morgan fingerprint density at radius 2 is 2.33 bits per heavy atom. The van der Waals surface area contributed by atoms with Gasteiger partial charge in [-0.1, -0.05) is 13.3 Å². The van der Waals surface area contributed by atoms with Gasteiger partial charge in [0.15, 0.2) is 0 Å². The Bertz CT molecular complexity index is 296. The van der Waals surface area contributed by atoms with Gasteiger partial charge in [0.2, 0.25) is 5.95 Å². The van der Waals surface area contributed by atoms with E-state index in [1.54, 1.807) is 0 Å². The fraction of sp³-hybridized carbons (Fsp3) is 0.600. The van der Waals surface area contributed by atoms with Crippen molar-refractivity contribution in [3.63, 3.8) is 0 Å². The minimum Gasteiger partial charge on any atom is -0.396 e.